The fraction of sp³-hybridized carbons (Fsp3) is 0.231. The quantitative estimate of drug-likeness (QED) is 0.485. The summed E-state index contributed by atoms with van der Waals surface area (Å²) in [5.74, 6) is -0.499. The van der Waals surface area contributed by atoms with E-state index < -0.39 is 10.9 Å². The molecule has 0 N–H and O–H groups in total. The second-order valence-corrected chi connectivity index (χ2v) is 4.37. The number of hydrogen-bond donors (Lipinski definition) is 0. The van der Waals surface area contributed by atoms with Crippen LogP contribution >= 0.6 is 0 Å². The third kappa shape index (κ3) is 3.00. The van der Waals surface area contributed by atoms with E-state index in [4.69, 9.17) is 4.74 Å². The van der Waals surface area contributed by atoms with Gasteiger partial charge in [0.1, 0.15) is 0 Å². The molecule has 0 bridgehead atoms. The highest BCUT2D eigenvalue weighted by Gasteiger charge is 2.13. The molecule has 2 rings (SSSR count). The smallest absolute Gasteiger partial charge is 0.359 e. The Balaban J connectivity index is 2.20. The Morgan fingerprint density at radius 3 is 2.50 bits per heavy atom. The molecule has 2 aromatic rings. The summed E-state index contributed by atoms with van der Waals surface area (Å²) in [5, 5.41) is 14.6. The van der Waals surface area contributed by atoms with Gasteiger partial charge in [0.2, 0.25) is 0 Å². The van der Waals surface area contributed by atoms with Gasteiger partial charge in [0, 0.05) is 18.3 Å². The van der Waals surface area contributed by atoms with E-state index in [-0.39, 0.29) is 17.5 Å². The Morgan fingerprint density at radius 2 is 1.95 bits per heavy atom. The van der Waals surface area contributed by atoms with Crippen molar-refractivity contribution in [2.75, 3.05) is 0 Å². The van der Waals surface area contributed by atoms with Crippen LogP contribution in [0.4, 0.5) is 5.69 Å². The zero-order chi connectivity index (χ0) is 14.7. The van der Waals surface area contributed by atoms with Gasteiger partial charge in [-0.05, 0) is 32.0 Å². The van der Waals surface area contributed by atoms with Gasteiger partial charge in [0.15, 0.2) is 5.69 Å². The normalized spacial score (nSPS) is 10.6. The maximum Gasteiger partial charge on any atom is 0.359 e. The third-order valence-electron chi connectivity index (χ3n) is 2.47. The number of non-ortho nitro benzene ring substituents is 1. The fourth-order valence-corrected chi connectivity index (χ4v) is 1.58. The van der Waals surface area contributed by atoms with E-state index in [9.17, 15) is 14.9 Å². The number of rotatable bonds is 4. The van der Waals surface area contributed by atoms with Gasteiger partial charge in [-0.15, -0.1) is 0 Å². The van der Waals surface area contributed by atoms with E-state index in [1.54, 1.807) is 32.2 Å². The molecule has 0 radical (unpaired) electrons. The molecule has 20 heavy (non-hydrogen) atoms. The summed E-state index contributed by atoms with van der Waals surface area (Å²) < 4.78 is 6.49. The minimum absolute atomic E-state index is 0.000321. The summed E-state index contributed by atoms with van der Waals surface area (Å²) in [5.41, 5.74) is 0.816. The van der Waals surface area contributed by atoms with Crippen LogP contribution in [0.2, 0.25) is 0 Å². The summed E-state index contributed by atoms with van der Waals surface area (Å²) in [4.78, 5) is 21.7. The predicted octanol–water partition coefficient (Wildman–Crippen LogP) is 2.35. The molecule has 104 valence electrons. The number of benzene rings is 1. The molecule has 1 heterocycles. The first-order valence-corrected chi connectivity index (χ1v) is 5.99. The highest BCUT2D eigenvalue weighted by atomic mass is 16.6. The molecule has 0 amide bonds. The lowest BCUT2D eigenvalue weighted by Gasteiger charge is -2.05. The average Bonchev–Trinajstić information content (AvgIpc) is 2.87. The first-order valence-electron chi connectivity index (χ1n) is 5.99. The summed E-state index contributed by atoms with van der Waals surface area (Å²) in [6, 6.07) is 7.41. The van der Waals surface area contributed by atoms with Crippen molar-refractivity contribution in [2.24, 2.45) is 0 Å². The van der Waals surface area contributed by atoms with Crippen molar-refractivity contribution < 1.29 is 14.5 Å². The molecule has 7 heteroatoms. The third-order valence-corrected chi connectivity index (χ3v) is 2.47. The van der Waals surface area contributed by atoms with Gasteiger partial charge in [-0.3, -0.25) is 10.1 Å². The van der Waals surface area contributed by atoms with Gasteiger partial charge in [-0.2, -0.15) is 5.10 Å². The zero-order valence-electron chi connectivity index (χ0n) is 11.0. The van der Waals surface area contributed by atoms with Crippen LogP contribution in [-0.4, -0.2) is 26.8 Å². The maximum atomic E-state index is 11.7. The summed E-state index contributed by atoms with van der Waals surface area (Å²) >= 11 is 0. The first kappa shape index (κ1) is 13.7. The van der Waals surface area contributed by atoms with E-state index in [0.717, 1.165) is 0 Å². The largest absolute Gasteiger partial charge is 0.458 e. The van der Waals surface area contributed by atoms with Crippen LogP contribution in [-0.2, 0) is 4.74 Å². The van der Waals surface area contributed by atoms with Crippen LogP contribution in [0, 0.1) is 10.1 Å². The van der Waals surface area contributed by atoms with Gasteiger partial charge < -0.3 is 4.74 Å². The van der Waals surface area contributed by atoms with Crippen molar-refractivity contribution in [1.29, 1.82) is 0 Å². The number of ether oxygens (including phenoxy) is 1. The highest BCUT2D eigenvalue weighted by molar-refractivity contribution is 5.87. The number of carbonyl (C=O) groups is 1. The Bertz CT molecular complexity index is 631. The van der Waals surface area contributed by atoms with Crippen LogP contribution in [0.1, 0.15) is 24.3 Å². The number of nitro groups is 1. The molecular formula is C13H13N3O4. The summed E-state index contributed by atoms with van der Waals surface area (Å²) in [7, 11) is 0. The molecule has 0 aliphatic rings. The first-order chi connectivity index (χ1) is 9.47. The molecule has 0 fully saturated rings. The number of carbonyl (C=O) groups excluding carboxylic acids is 1. The van der Waals surface area contributed by atoms with Crippen molar-refractivity contribution >= 4 is 11.7 Å². The van der Waals surface area contributed by atoms with E-state index in [1.807, 2.05) is 0 Å². The van der Waals surface area contributed by atoms with Crippen LogP contribution in [0.15, 0.2) is 36.5 Å². The fourth-order valence-electron chi connectivity index (χ4n) is 1.58. The van der Waals surface area contributed by atoms with Gasteiger partial charge in [-0.25, -0.2) is 9.48 Å². The number of nitrogens with zero attached hydrogens (tertiary/aromatic N) is 3. The number of hydrogen-bond acceptors (Lipinski definition) is 5. The highest BCUT2D eigenvalue weighted by Crippen LogP contribution is 2.15. The van der Waals surface area contributed by atoms with Crippen molar-refractivity contribution in [3.63, 3.8) is 0 Å². The molecule has 0 atom stereocenters. The molecule has 0 saturated carbocycles. The number of nitro benzene ring substituents is 1. The Labute approximate surface area is 114 Å². The second-order valence-electron chi connectivity index (χ2n) is 4.37. The topological polar surface area (TPSA) is 87.3 Å². The van der Waals surface area contributed by atoms with E-state index in [2.05, 4.69) is 5.10 Å². The Kier molecular flexibility index (Phi) is 3.79. The Morgan fingerprint density at radius 1 is 1.30 bits per heavy atom. The SMILES string of the molecule is CC(C)OC(=O)c1ccn(-c2ccc([N+](=O)[O-])cc2)n1. The van der Waals surface area contributed by atoms with Crippen molar-refractivity contribution in [3.8, 4) is 5.69 Å². The molecule has 1 aromatic carbocycles. The van der Waals surface area contributed by atoms with Crippen LogP contribution in [0.3, 0.4) is 0 Å². The van der Waals surface area contributed by atoms with Crippen molar-refractivity contribution in [1.82, 2.24) is 9.78 Å². The van der Waals surface area contributed by atoms with Gasteiger partial charge in [0.25, 0.3) is 5.69 Å². The van der Waals surface area contributed by atoms with E-state index in [0.29, 0.717) is 5.69 Å². The summed E-state index contributed by atoms with van der Waals surface area (Å²) in [6.45, 7) is 3.51. The lowest BCUT2D eigenvalue weighted by Crippen LogP contribution is -2.12. The van der Waals surface area contributed by atoms with Gasteiger partial charge in [-0.1, -0.05) is 0 Å². The van der Waals surface area contributed by atoms with Crippen LogP contribution < -0.4 is 0 Å². The lowest BCUT2D eigenvalue weighted by molar-refractivity contribution is -0.384. The van der Waals surface area contributed by atoms with Crippen molar-refractivity contribution in [2.45, 2.75) is 20.0 Å². The maximum absolute atomic E-state index is 11.7. The van der Waals surface area contributed by atoms with Crippen LogP contribution in [0.25, 0.3) is 5.69 Å². The van der Waals surface area contributed by atoms with Crippen molar-refractivity contribution in [3.05, 3.63) is 52.3 Å². The lowest BCUT2D eigenvalue weighted by atomic mass is 10.3. The minimum Gasteiger partial charge on any atom is -0.458 e. The standard InChI is InChI=1S/C13H13N3O4/c1-9(2)20-13(17)12-7-8-15(14-12)10-3-5-11(6-4-10)16(18)19/h3-9H,1-2H3. The predicted molar refractivity (Wildman–Crippen MR) is 70.8 cm³/mol. The molecule has 0 spiro atoms. The van der Waals surface area contributed by atoms with E-state index >= 15 is 0 Å². The number of aromatic nitrogens is 2. The molecule has 0 aliphatic carbocycles. The average molecular weight is 275 g/mol. The second kappa shape index (κ2) is 5.52. The molecule has 0 unspecified atom stereocenters. The van der Waals surface area contributed by atoms with Crippen LogP contribution in [0.5, 0.6) is 0 Å². The van der Waals surface area contributed by atoms with E-state index in [1.165, 1.54) is 22.9 Å². The molecular weight excluding hydrogens is 262 g/mol. The summed E-state index contributed by atoms with van der Waals surface area (Å²) in [6.07, 6.45) is 1.38. The Hall–Kier alpha value is -2.70. The molecule has 0 aliphatic heterocycles. The van der Waals surface area contributed by atoms with Gasteiger partial charge >= 0.3 is 5.97 Å². The zero-order valence-corrected chi connectivity index (χ0v) is 11.0. The minimum atomic E-state index is -0.499. The van der Waals surface area contributed by atoms with Gasteiger partial charge in [0.05, 0.1) is 16.7 Å². The number of esters is 1. The molecule has 1 aromatic heterocycles. The molecule has 7 nitrogen and oxygen atoms in total. The molecule has 0 saturated heterocycles. The monoisotopic (exact) mass is 275 g/mol.